The smallest absolute Gasteiger partial charge is 0.152 e. The van der Waals surface area contributed by atoms with Crippen LogP contribution in [-0.4, -0.2) is 11.8 Å². The lowest BCUT2D eigenvalue weighted by molar-refractivity contribution is -0.124. The van der Waals surface area contributed by atoms with Crippen LogP contribution in [-0.2, 0) is 4.79 Å². The van der Waals surface area contributed by atoms with Gasteiger partial charge in [0.05, 0.1) is 6.04 Å². The van der Waals surface area contributed by atoms with Crippen LogP contribution in [0, 0.1) is 11.8 Å². The first-order valence-corrected chi connectivity index (χ1v) is 4.83. The van der Waals surface area contributed by atoms with E-state index in [1.165, 1.54) is 0 Å². The molecule has 3 unspecified atom stereocenters. The highest BCUT2D eigenvalue weighted by Gasteiger charge is 2.22. The summed E-state index contributed by atoms with van der Waals surface area (Å²) in [5.74, 6) is 0.646. The van der Waals surface area contributed by atoms with Crippen molar-refractivity contribution in [2.75, 3.05) is 0 Å². The predicted octanol–water partition coefficient (Wildman–Crippen LogP) is 1.98. The molecule has 0 saturated heterocycles. The Kier molecular flexibility index (Phi) is 5.14. The maximum absolute atomic E-state index is 11.5. The molecule has 2 heteroatoms. The molecule has 0 heterocycles. The maximum atomic E-state index is 11.5. The molecule has 0 aromatic rings. The fraction of sp³-hybridized carbons (Fsp3) is 0.900. The second-order valence-electron chi connectivity index (χ2n) is 3.62. The summed E-state index contributed by atoms with van der Waals surface area (Å²) in [6.07, 6.45) is 1.87. The van der Waals surface area contributed by atoms with Crippen LogP contribution in [0.4, 0.5) is 0 Å². The molecule has 0 amide bonds. The zero-order valence-electron chi connectivity index (χ0n) is 8.63. The van der Waals surface area contributed by atoms with Gasteiger partial charge in [0.1, 0.15) is 0 Å². The van der Waals surface area contributed by atoms with E-state index >= 15 is 0 Å². The van der Waals surface area contributed by atoms with Gasteiger partial charge in [0.2, 0.25) is 0 Å². The van der Waals surface area contributed by atoms with Gasteiger partial charge < -0.3 is 5.73 Å². The van der Waals surface area contributed by atoms with Crippen molar-refractivity contribution in [2.45, 2.75) is 46.6 Å². The Labute approximate surface area is 75.5 Å². The van der Waals surface area contributed by atoms with Gasteiger partial charge in [-0.1, -0.05) is 34.1 Å². The average Bonchev–Trinajstić information content (AvgIpc) is 2.12. The Bertz CT molecular complexity index is 145. The van der Waals surface area contributed by atoms with Crippen LogP contribution in [0.15, 0.2) is 0 Å². The summed E-state index contributed by atoms with van der Waals surface area (Å²) in [5, 5.41) is 0. The Morgan fingerprint density at radius 2 is 1.75 bits per heavy atom. The highest BCUT2D eigenvalue weighted by atomic mass is 16.1. The number of Topliss-reactive ketones (excluding diaryl/α,β-unsaturated/α-hetero) is 1. The van der Waals surface area contributed by atoms with Crippen molar-refractivity contribution in [1.82, 2.24) is 0 Å². The molecule has 2 nitrogen and oxygen atoms in total. The second kappa shape index (κ2) is 5.31. The SMILES string of the molecule is CCC(C)C(=O)C(N)C(C)CC. The lowest BCUT2D eigenvalue weighted by atomic mass is 9.89. The Balaban J connectivity index is 4.09. The Morgan fingerprint density at radius 3 is 2.08 bits per heavy atom. The molecule has 0 bridgehead atoms. The molecule has 12 heavy (non-hydrogen) atoms. The highest BCUT2D eigenvalue weighted by molar-refractivity contribution is 5.85. The summed E-state index contributed by atoms with van der Waals surface area (Å²) in [6.45, 7) is 8.07. The van der Waals surface area contributed by atoms with Crippen molar-refractivity contribution in [2.24, 2.45) is 17.6 Å². The molecule has 3 atom stereocenters. The van der Waals surface area contributed by atoms with Crippen LogP contribution >= 0.6 is 0 Å². The van der Waals surface area contributed by atoms with Crippen LogP contribution in [0.5, 0.6) is 0 Å². The molecule has 0 rings (SSSR count). The van der Waals surface area contributed by atoms with Crippen LogP contribution < -0.4 is 5.73 Å². The van der Waals surface area contributed by atoms with E-state index in [1.807, 2.05) is 20.8 Å². The van der Waals surface area contributed by atoms with Gasteiger partial charge in [-0.15, -0.1) is 0 Å². The standard InChI is InChI=1S/C10H21NO/c1-5-7(3)9(11)10(12)8(4)6-2/h7-9H,5-6,11H2,1-4H3. The zero-order chi connectivity index (χ0) is 9.72. The summed E-state index contributed by atoms with van der Waals surface area (Å²) in [5.41, 5.74) is 5.80. The van der Waals surface area contributed by atoms with Crippen molar-refractivity contribution >= 4 is 5.78 Å². The van der Waals surface area contributed by atoms with Gasteiger partial charge in [0.25, 0.3) is 0 Å². The monoisotopic (exact) mass is 171 g/mol. The van der Waals surface area contributed by atoms with Crippen molar-refractivity contribution in [1.29, 1.82) is 0 Å². The van der Waals surface area contributed by atoms with Gasteiger partial charge in [-0.05, 0) is 12.3 Å². The number of ketones is 1. The molecule has 0 saturated carbocycles. The first kappa shape index (κ1) is 11.6. The van der Waals surface area contributed by atoms with E-state index in [1.54, 1.807) is 0 Å². The van der Waals surface area contributed by atoms with E-state index in [2.05, 4.69) is 6.92 Å². The number of hydrogen-bond acceptors (Lipinski definition) is 2. The normalized spacial score (nSPS) is 18.4. The van der Waals surface area contributed by atoms with Gasteiger partial charge >= 0.3 is 0 Å². The minimum Gasteiger partial charge on any atom is -0.321 e. The predicted molar refractivity (Wildman–Crippen MR) is 51.9 cm³/mol. The number of carbonyl (C=O) groups excluding carboxylic acids is 1. The molecule has 72 valence electrons. The minimum absolute atomic E-state index is 0.119. The van der Waals surface area contributed by atoms with Gasteiger partial charge in [-0.3, -0.25) is 4.79 Å². The molecule has 0 aliphatic heterocycles. The summed E-state index contributed by atoms with van der Waals surface area (Å²) in [6, 6.07) is -0.259. The fourth-order valence-corrected chi connectivity index (χ4v) is 1.06. The van der Waals surface area contributed by atoms with Gasteiger partial charge in [0.15, 0.2) is 5.78 Å². The van der Waals surface area contributed by atoms with Gasteiger partial charge in [0, 0.05) is 5.92 Å². The van der Waals surface area contributed by atoms with Crippen molar-refractivity contribution in [3.05, 3.63) is 0 Å². The molecule has 2 N–H and O–H groups in total. The van der Waals surface area contributed by atoms with Crippen LogP contribution in [0.3, 0.4) is 0 Å². The van der Waals surface area contributed by atoms with Crippen LogP contribution in [0.25, 0.3) is 0 Å². The van der Waals surface area contributed by atoms with Crippen LogP contribution in [0.2, 0.25) is 0 Å². The van der Waals surface area contributed by atoms with Gasteiger partial charge in [-0.25, -0.2) is 0 Å². The molecule has 0 aromatic heterocycles. The number of nitrogens with two attached hydrogens (primary N) is 1. The highest BCUT2D eigenvalue weighted by Crippen LogP contribution is 2.12. The van der Waals surface area contributed by atoms with Gasteiger partial charge in [-0.2, -0.15) is 0 Å². The minimum atomic E-state index is -0.259. The van der Waals surface area contributed by atoms with E-state index in [-0.39, 0.29) is 17.7 Å². The number of carbonyl (C=O) groups is 1. The zero-order valence-corrected chi connectivity index (χ0v) is 8.63. The molecule has 0 fully saturated rings. The number of rotatable bonds is 5. The van der Waals surface area contributed by atoms with Crippen LogP contribution in [0.1, 0.15) is 40.5 Å². The molecule has 0 aliphatic carbocycles. The third kappa shape index (κ3) is 2.94. The second-order valence-corrected chi connectivity index (χ2v) is 3.62. The van der Waals surface area contributed by atoms with E-state index in [9.17, 15) is 4.79 Å². The topological polar surface area (TPSA) is 43.1 Å². The molecule has 0 radical (unpaired) electrons. The lowest BCUT2D eigenvalue weighted by Gasteiger charge is -2.19. The van der Waals surface area contributed by atoms with E-state index in [4.69, 9.17) is 5.73 Å². The van der Waals surface area contributed by atoms with Crippen molar-refractivity contribution in [3.8, 4) is 0 Å². The maximum Gasteiger partial charge on any atom is 0.152 e. The molecule has 0 aromatic carbocycles. The first-order valence-electron chi connectivity index (χ1n) is 4.83. The Morgan fingerprint density at radius 1 is 1.25 bits per heavy atom. The van der Waals surface area contributed by atoms with E-state index in [0.717, 1.165) is 12.8 Å². The van der Waals surface area contributed by atoms with E-state index < -0.39 is 0 Å². The van der Waals surface area contributed by atoms with Crippen molar-refractivity contribution in [3.63, 3.8) is 0 Å². The summed E-state index contributed by atoms with van der Waals surface area (Å²) < 4.78 is 0. The largest absolute Gasteiger partial charge is 0.321 e. The third-order valence-electron chi connectivity index (χ3n) is 2.68. The van der Waals surface area contributed by atoms with E-state index in [0.29, 0.717) is 5.92 Å². The summed E-state index contributed by atoms with van der Waals surface area (Å²) in [4.78, 5) is 11.5. The summed E-state index contributed by atoms with van der Waals surface area (Å²) in [7, 11) is 0. The molecule has 0 spiro atoms. The molecular weight excluding hydrogens is 150 g/mol. The third-order valence-corrected chi connectivity index (χ3v) is 2.68. The molecular formula is C10H21NO. The number of hydrogen-bond donors (Lipinski definition) is 1. The quantitative estimate of drug-likeness (QED) is 0.687. The Hall–Kier alpha value is -0.370. The van der Waals surface area contributed by atoms with Crippen molar-refractivity contribution < 1.29 is 4.79 Å². The fourth-order valence-electron chi connectivity index (χ4n) is 1.06. The molecule has 0 aliphatic rings. The summed E-state index contributed by atoms with van der Waals surface area (Å²) >= 11 is 0. The average molecular weight is 171 g/mol. The first-order chi connectivity index (χ1) is 5.54. The lowest BCUT2D eigenvalue weighted by Crippen LogP contribution is -2.39.